The lowest BCUT2D eigenvalue weighted by atomic mass is 10.1. The Morgan fingerprint density at radius 1 is 1.48 bits per heavy atom. The van der Waals surface area contributed by atoms with Crippen molar-refractivity contribution in [3.05, 3.63) is 29.0 Å². The Morgan fingerprint density at radius 2 is 2.22 bits per heavy atom. The molecule has 1 saturated heterocycles. The van der Waals surface area contributed by atoms with Crippen molar-refractivity contribution in [2.24, 2.45) is 0 Å². The van der Waals surface area contributed by atoms with Crippen LogP contribution in [0.3, 0.4) is 0 Å². The second-order valence-electron chi connectivity index (χ2n) is 6.70. The maximum atomic E-state index is 12.6. The van der Waals surface area contributed by atoms with Crippen molar-refractivity contribution >= 4 is 28.5 Å². The number of piperidine rings is 1. The van der Waals surface area contributed by atoms with Crippen molar-refractivity contribution in [1.29, 1.82) is 0 Å². The van der Waals surface area contributed by atoms with E-state index in [9.17, 15) is 9.00 Å². The first kappa shape index (κ1) is 18.2. The number of ether oxygens (including phenoxy) is 1. The first-order chi connectivity index (χ1) is 10.7. The zero-order chi connectivity index (χ0) is 17.0. The Bertz CT molecular complexity index is 572. The fourth-order valence-electron chi connectivity index (χ4n) is 2.42. The van der Waals surface area contributed by atoms with Gasteiger partial charge in [-0.2, -0.15) is 0 Å². The van der Waals surface area contributed by atoms with Crippen molar-refractivity contribution in [2.75, 3.05) is 13.1 Å². The normalized spacial score (nSPS) is 20.2. The van der Waals surface area contributed by atoms with Gasteiger partial charge in [-0.15, -0.1) is 0 Å². The van der Waals surface area contributed by atoms with E-state index in [1.165, 1.54) is 0 Å². The van der Waals surface area contributed by atoms with Gasteiger partial charge < -0.3 is 9.64 Å². The number of nitrogens with zero attached hydrogens (tertiary/aromatic N) is 2. The van der Waals surface area contributed by atoms with Gasteiger partial charge in [0.05, 0.1) is 11.0 Å². The molecule has 1 fully saturated rings. The van der Waals surface area contributed by atoms with Gasteiger partial charge in [0.25, 0.3) is 0 Å². The zero-order valence-corrected chi connectivity index (χ0v) is 15.3. The number of aromatic nitrogens is 1. The molecule has 0 aliphatic carbocycles. The van der Waals surface area contributed by atoms with E-state index >= 15 is 0 Å². The number of hydrogen-bond acceptors (Lipinski definition) is 4. The molecule has 1 aromatic heterocycles. The molecule has 0 unspecified atom stereocenters. The zero-order valence-electron chi connectivity index (χ0n) is 13.8. The van der Waals surface area contributed by atoms with Gasteiger partial charge in [-0.3, -0.25) is 4.21 Å². The van der Waals surface area contributed by atoms with Gasteiger partial charge in [-0.25, -0.2) is 9.78 Å². The van der Waals surface area contributed by atoms with E-state index in [4.69, 9.17) is 16.3 Å². The van der Waals surface area contributed by atoms with Crippen LogP contribution < -0.4 is 0 Å². The van der Waals surface area contributed by atoms with Gasteiger partial charge in [-0.1, -0.05) is 17.7 Å². The van der Waals surface area contributed by atoms with E-state index in [-0.39, 0.29) is 11.3 Å². The smallest absolute Gasteiger partial charge is 0.410 e. The van der Waals surface area contributed by atoms with E-state index in [0.717, 1.165) is 18.4 Å². The molecule has 0 spiro atoms. The lowest BCUT2D eigenvalue weighted by Crippen LogP contribution is -2.46. The molecule has 0 radical (unpaired) electrons. The highest BCUT2D eigenvalue weighted by Crippen LogP contribution is 2.20. The summed E-state index contributed by atoms with van der Waals surface area (Å²) in [5.74, 6) is 0.428. The van der Waals surface area contributed by atoms with Gasteiger partial charge in [0.15, 0.2) is 0 Å². The average molecular weight is 359 g/mol. The molecule has 1 aliphatic rings. The number of carbonyl (C=O) groups excluding carboxylic acids is 1. The first-order valence-electron chi connectivity index (χ1n) is 7.70. The third kappa shape index (κ3) is 5.77. The van der Waals surface area contributed by atoms with E-state index in [2.05, 4.69) is 4.98 Å². The summed E-state index contributed by atoms with van der Waals surface area (Å²) < 4.78 is 18.0. The minimum atomic E-state index is -1.06. The van der Waals surface area contributed by atoms with Gasteiger partial charge in [0, 0.05) is 30.1 Å². The Morgan fingerprint density at radius 3 is 2.83 bits per heavy atom. The van der Waals surface area contributed by atoms with Crippen LogP contribution in [-0.2, 0) is 21.3 Å². The summed E-state index contributed by atoms with van der Waals surface area (Å²) in [5, 5.41) is 0.389. The van der Waals surface area contributed by atoms with Gasteiger partial charge in [-0.05, 0) is 45.2 Å². The van der Waals surface area contributed by atoms with Crippen molar-refractivity contribution < 1.29 is 13.7 Å². The standard InChI is InChI=1S/C16H23ClN2O3S/c1-16(2,3)22-15(20)19-8-4-5-13(10-19)23(21)11-12-6-7-14(17)18-9-12/h6-7,9,13H,4-5,8,10-11H2,1-3H3/t13-,23-/m1/s1. The summed E-state index contributed by atoms with van der Waals surface area (Å²) in [7, 11) is -1.06. The summed E-state index contributed by atoms with van der Waals surface area (Å²) in [6.45, 7) is 6.67. The van der Waals surface area contributed by atoms with E-state index < -0.39 is 16.4 Å². The van der Waals surface area contributed by atoms with Crippen LogP contribution in [0.1, 0.15) is 39.2 Å². The van der Waals surface area contributed by atoms with Crippen molar-refractivity contribution in [3.63, 3.8) is 0 Å². The first-order valence-corrected chi connectivity index (χ1v) is 9.46. The number of rotatable bonds is 3. The number of carbonyl (C=O) groups is 1. The van der Waals surface area contributed by atoms with Gasteiger partial charge in [0.2, 0.25) is 0 Å². The molecule has 7 heteroatoms. The fraction of sp³-hybridized carbons (Fsp3) is 0.625. The minimum Gasteiger partial charge on any atom is -0.444 e. The van der Waals surface area contributed by atoms with Crippen LogP contribution in [0.25, 0.3) is 0 Å². The Balaban J connectivity index is 1.93. The Hall–Kier alpha value is -1.14. The van der Waals surface area contributed by atoms with Gasteiger partial charge in [0.1, 0.15) is 10.8 Å². The van der Waals surface area contributed by atoms with Crippen LogP contribution in [-0.4, -0.2) is 44.1 Å². The monoisotopic (exact) mass is 358 g/mol. The highest BCUT2D eigenvalue weighted by Gasteiger charge is 2.30. The van der Waals surface area contributed by atoms with Crippen molar-refractivity contribution in [2.45, 2.75) is 50.2 Å². The Labute approximate surface area is 144 Å². The number of hydrogen-bond donors (Lipinski definition) is 0. The predicted octanol–water partition coefficient (Wildman–Crippen LogP) is 3.38. The molecule has 2 atom stereocenters. The van der Waals surface area contributed by atoms with Gasteiger partial charge >= 0.3 is 6.09 Å². The molecule has 1 aliphatic heterocycles. The molecule has 5 nitrogen and oxygen atoms in total. The topological polar surface area (TPSA) is 59.5 Å². The van der Waals surface area contributed by atoms with Crippen LogP contribution in [0.4, 0.5) is 4.79 Å². The largest absolute Gasteiger partial charge is 0.444 e. The summed E-state index contributed by atoms with van der Waals surface area (Å²) >= 11 is 5.76. The quantitative estimate of drug-likeness (QED) is 0.777. The van der Waals surface area contributed by atoms with Crippen LogP contribution in [0.5, 0.6) is 0 Å². The summed E-state index contributed by atoms with van der Waals surface area (Å²) in [4.78, 5) is 17.8. The maximum absolute atomic E-state index is 12.6. The lowest BCUT2D eigenvalue weighted by molar-refractivity contribution is 0.0219. The minimum absolute atomic E-state index is 0.0352. The maximum Gasteiger partial charge on any atom is 0.410 e. The molecule has 0 bridgehead atoms. The van der Waals surface area contributed by atoms with Crippen molar-refractivity contribution in [3.8, 4) is 0 Å². The molecule has 23 heavy (non-hydrogen) atoms. The molecule has 2 rings (SSSR count). The summed E-state index contributed by atoms with van der Waals surface area (Å²) in [5.41, 5.74) is 0.375. The highest BCUT2D eigenvalue weighted by atomic mass is 35.5. The summed E-state index contributed by atoms with van der Waals surface area (Å²) in [6, 6.07) is 3.53. The number of halogens is 1. The van der Waals surface area contributed by atoms with Crippen LogP contribution in [0, 0.1) is 0 Å². The molecule has 128 valence electrons. The second-order valence-corrected chi connectivity index (χ2v) is 8.81. The van der Waals surface area contributed by atoms with Crippen molar-refractivity contribution in [1.82, 2.24) is 9.88 Å². The van der Waals surface area contributed by atoms with Crippen LogP contribution in [0.2, 0.25) is 5.15 Å². The fourth-order valence-corrected chi connectivity index (χ4v) is 4.04. The third-order valence-corrected chi connectivity index (χ3v) is 5.47. The van der Waals surface area contributed by atoms with Crippen LogP contribution >= 0.6 is 11.6 Å². The van der Waals surface area contributed by atoms with E-state index in [1.54, 1.807) is 17.2 Å². The Kier molecular flexibility index (Phi) is 6.03. The summed E-state index contributed by atoms with van der Waals surface area (Å²) in [6.07, 6.45) is 3.02. The lowest BCUT2D eigenvalue weighted by Gasteiger charge is -2.33. The van der Waals surface area contributed by atoms with Crippen LogP contribution in [0.15, 0.2) is 18.3 Å². The average Bonchev–Trinajstić information content (AvgIpc) is 2.48. The predicted molar refractivity (Wildman–Crippen MR) is 91.9 cm³/mol. The molecule has 1 amide bonds. The number of amides is 1. The molecule has 1 aromatic rings. The molecule has 2 heterocycles. The SMILES string of the molecule is CC(C)(C)OC(=O)N1CCC[C@@H]([S@](=O)Cc2ccc(Cl)nc2)C1. The molecule has 0 saturated carbocycles. The second kappa shape index (κ2) is 7.62. The molecule has 0 aromatic carbocycles. The highest BCUT2D eigenvalue weighted by molar-refractivity contribution is 7.84. The number of pyridine rings is 1. The van der Waals surface area contributed by atoms with E-state index in [1.807, 2.05) is 26.8 Å². The molecule has 0 N–H and O–H groups in total. The molecular formula is C16H23ClN2O3S. The third-order valence-electron chi connectivity index (χ3n) is 3.50. The van der Waals surface area contributed by atoms with E-state index in [0.29, 0.717) is 24.0 Å². The molecular weight excluding hydrogens is 336 g/mol. The number of likely N-dealkylation sites (tertiary alicyclic amines) is 1.